The number of nitrogens with zero attached hydrogens (tertiary/aromatic N) is 7. The summed E-state index contributed by atoms with van der Waals surface area (Å²) in [4.78, 5) is 39.6. The second-order valence-corrected chi connectivity index (χ2v) is 28.5. The van der Waals surface area contributed by atoms with Crippen molar-refractivity contribution in [2.75, 3.05) is 78.7 Å². The number of anilines is 6. The van der Waals surface area contributed by atoms with E-state index < -0.39 is 30.1 Å². The van der Waals surface area contributed by atoms with Gasteiger partial charge in [-0.15, -0.1) is 0 Å². The summed E-state index contributed by atoms with van der Waals surface area (Å²) in [5, 5.41) is 23.8. The van der Waals surface area contributed by atoms with Gasteiger partial charge in [-0.3, -0.25) is 18.8 Å². The number of aryl methyl sites for hydroxylation is 4. The van der Waals surface area contributed by atoms with E-state index in [0.29, 0.717) is 91.4 Å². The van der Waals surface area contributed by atoms with Gasteiger partial charge in [-0.25, -0.2) is 37.7 Å². The number of thiazole rings is 1. The zero-order valence-electron chi connectivity index (χ0n) is 52.0. The molecule has 0 saturated carbocycles. The number of amides is 1. The molecule has 11 rings (SSSR count). The third kappa shape index (κ3) is 22.3. The van der Waals surface area contributed by atoms with E-state index in [2.05, 4.69) is 56.0 Å². The largest absolute Gasteiger partial charge is 0.487 e. The van der Waals surface area contributed by atoms with E-state index in [-0.39, 0.29) is 40.5 Å². The first-order chi connectivity index (χ1) is 45.2. The average Bonchev–Trinajstić information content (AvgIpc) is 1.75. The molecule has 1 amide bonds. The molecule has 10 aromatic rings. The lowest BCUT2D eigenvalue weighted by molar-refractivity contribution is 0.103. The van der Waals surface area contributed by atoms with E-state index in [1.165, 1.54) is 66.5 Å². The summed E-state index contributed by atoms with van der Waals surface area (Å²) in [5.74, 6) is 4.02. The van der Waals surface area contributed by atoms with Gasteiger partial charge in [-0.1, -0.05) is 94.2 Å². The van der Waals surface area contributed by atoms with Gasteiger partial charge in [0.25, 0.3) is 26.1 Å². The van der Waals surface area contributed by atoms with Crippen molar-refractivity contribution in [2.24, 2.45) is 0 Å². The fourth-order valence-corrected chi connectivity index (χ4v) is 11.8. The molecule has 23 nitrogen and oxygen atoms in total. The number of β-amino-alcohol motifs (C(OH)–C–C–N with tert-alkyl or cyclic N) is 1. The molecule has 0 aliphatic carbocycles. The number of aromatic nitrogens is 5. The zero-order valence-corrected chi connectivity index (χ0v) is 56.8. The van der Waals surface area contributed by atoms with Gasteiger partial charge < -0.3 is 40.4 Å². The number of aliphatic hydroxyl groups is 1. The van der Waals surface area contributed by atoms with Crippen molar-refractivity contribution in [3.05, 3.63) is 213 Å². The topological polar surface area (TPSA) is 322 Å². The van der Waals surface area contributed by atoms with E-state index in [0.717, 1.165) is 65.2 Å². The Balaban J connectivity index is 0.000000186. The monoisotopic (exact) mass is 1410 g/mol. The summed E-state index contributed by atoms with van der Waals surface area (Å²) in [6.45, 7) is 12.7. The molecule has 0 atom stereocenters. The molecule has 95 heavy (non-hydrogen) atoms. The van der Waals surface area contributed by atoms with Crippen molar-refractivity contribution in [1.29, 1.82) is 0 Å². The molecule has 5 heterocycles. The molecule has 0 spiro atoms. The normalized spacial score (nSPS) is 12.5. The first-order valence-electron chi connectivity index (χ1n) is 29.1. The number of sulfone groups is 1. The van der Waals surface area contributed by atoms with Crippen LogP contribution in [0.15, 0.2) is 172 Å². The zero-order chi connectivity index (χ0) is 68.5. The predicted molar refractivity (Wildman–Crippen MR) is 368 cm³/mol. The Morgan fingerprint density at radius 3 is 2.05 bits per heavy atom. The van der Waals surface area contributed by atoms with Crippen LogP contribution in [0.1, 0.15) is 43.5 Å². The van der Waals surface area contributed by atoms with Crippen LogP contribution in [-0.2, 0) is 43.2 Å². The number of rotatable bonds is 20. The Kier molecular flexibility index (Phi) is 25.3. The summed E-state index contributed by atoms with van der Waals surface area (Å²) < 4.78 is 107. The maximum atomic E-state index is 13.4. The van der Waals surface area contributed by atoms with Crippen molar-refractivity contribution >= 4 is 115 Å². The number of nitrogens with one attached hydrogen (secondary N) is 4. The molecule has 4 aromatic heterocycles. The lowest BCUT2D eigenvalue weighted by Gasteiger charge is -2.35. The predicted octanol–water partition coefficient (Wildman–Crippen LogP) is 11.9. The number of aliphatic hydroxyl groups excluding tert-OH is 1. The molecule has 1 fully saturated rings. The smallest absolute Gasteiger partial charge is 0.294 e. The molecule has 1 aliphatic heterocycles. The Morgan fingerprint density at radius 1 is 0.737 bits per heavy atom. The Bertz CT molecular complexity index is 4530. The standard InChI is InChI=1S/C29H26ClFN4O4S.C22H26ClN7O2S.2C7H8O3S/c1-40(36,37)12-11-32-16-23-7-10-27(39-23)20-5-8-26-24(14-20)29(34-18-33-26)35-22-6-9-28(25(30)15-22)38-17-19-3-2-4-21(31)13-19;1-14-4-3-5-16(23)20(14)28-21(32)17-13-24-22(33-17)27-18-12-19(26-15(2)25-18)30-8-6-29(7-9-30)10-11-31;2*1-6-2-4-7(5-3-6)11(8,9)10/h2-10,13-15,18,32H,11-12,16-17H2,1H3,(H,33,34,35);3-5,12-13,31H,6-11H2,1-2H3,(H,28,32)(H,24,25,26,27);2*2-5H,1H3,(H,8,9,10). The summed E-state index contributed by atoms with van der Waals surface area (Å²) in [7, 11) is -11.1. The number of carbonyl (C=O) groups excluding carboxylic acids is 1. The molecule has 6 aromatic carbocycles. The van der Waals surface area contributed by atoms with E-state index in [9.17, 15) is 34.4 Å². The van der Waals surface area contributed by atoms with Crippen molar-refractivity contribution in [3.8, 4) is 17.1 Å². The fraction of sp³-hybridized carbons (Fsp3) is 0.231. The fourth-order valence-electron chi connectivity index (χ4n) is 9.08. The molecule has 0 unspecified atom stereocenters. The first kappa shape index (κ1) is 72.3. The number of hydrogen-bond acceptors (Lipinski definition) is 21. The Hall–Kier alpha value is -8.52. The van der Waals surface area contributed by atoms with E-state index in [4.69, 9.17) is 46.6 Å². The molecule has 1 saturated heterocycles. The van der Waals surface area contributed by atoms with Gasteiger partial charge in [0.05, 0.1) is 56.1 Å². The molecular weight excluding hydrogens is 1340 g/mol. The van der Waals surface area contributed by atoms with E-state index in [1.807, 2.05) is 82.3 Å². The Morgan fingerprint density at radius 2 is 1.42 bits per heavy atom. The molecule has 0 bridgehead atoms. The highest BCUT2D eigenvalue weighted by Crippen LogP contribution is 2.34. The van der Waals surface area contributed by atoms with Gasteiger partial charge in [0.15, 0.2) is 5.13 Å². The van der Waals surface area contributed by atoms with Crippen molar-refractivity contribution < 1.29 is 57.8 Å². The van der Waals surface area contributed by atoms with Gasteiger partial charge in [0.2, 0.25) is 0 Å². The van der Waals surface area contributed by atoms with Gasteiger partial charge in [-0.2, -0.15) is 16.8 Å². The van der Waals surface area contributed by atoms with Gasteiger partial charge in [0, 0.05) is 68.2 Å². The number of halogens is 3. The molecule has 1 aliphatic rings. The van der Waals surface area contributed by atoms with Crippen LogP contribution in [0.25, 0.3) is 22.2 Å². The second-order valence-electron chi connectivity index (χ2n) is 21.5. The Labute approximate surface area is 563 Å². The minimum atomic E-state index is -4.02. The lowest BCUT2D eigenvalue weighted by Crippen LogP contribution is -2.47. The summed E-state index contributed by atoms with van der Waals surface area (Å²) in [5.41, 5.74) is 6.39. The lowest BCUT2D eigenvalue weighted by atomic mass is 10.1. The van der Waals surface area contributed by atoms with Crippen LogP contribution < -0.4 is 30.9 Å². The van der Waals surface area contributed by atoms with E-state index in [1.54, 1.807) is 54.6 Å². The molecule has 7 N–H and O–H groups in total. The summed E-state index contributed by atoms with van der Waals surface area (Å²) >= 11 is 13.9. The summed E-state index contributed by atoms with van der Waals surface area (Å²) in [6.07, 6.45) is 4.22. The summed E-state index contributed by atoms with van der Waals surface area (Å²) in [6, 6.07) is 40.3. The number of furan rings is 1. The number of carbonyl (C=O) groups is 1. The van der Waals surface area contributed by atoms with Crippen LogP contribution in [-0.4, -0.2) is 133 Å². The molecular formula is C65H68Cl2FN11O12S4. The third-order valence-corrected chi connectivity index (χ3v) is 18.2. The highest BCUT2D eigenvalue weighted by Gasteiger charge is 2.21. The minimum absolute atomic E-state index is 0.0664. The van der Waals surface area contributed by atoms with Gasteiger partial charge in [0.1, 0.15) is 74.0 Å². The van der Waals surface area contributed by atoms with Crippen molar-refractivity contribution in [2.45, 2.75) is 50.6 Å². The van der Waals surface area contributed by atoms with Gasteiger partial charge >= 0.3 is 0 Å². The number of fused-ring (bicyclic) bond motifs is 1. The minimum Gasteiger partial charge on any atom is -0.487 e. The van der Waals surface area contributed by atoms with Crippen LogP contribution in [0.4, 0.5) is 38.4 Å². The number of hydrogen-bond donors (Lipinski definition) is 7. The van der Waals surface area contributed by atoms with Crippen LogP contribution in [0, 0.1) is 33.5 Å². The highest BCUT2D eigenvalue weighted by molar-refractivity contribution is 7.90. The molecule has 0 radical (unpaired) electrons. The number of para-hydroxylation sites is 1. The second kappa shape index (κ2) is 33.2. The maximum Gasteiger partial charge on any atom is 0.294 e. The van der Waals surface area contributed by atoms with Crippen LogP contribution in [0.5, 0.6) is 5.75 Å². The quantitative estimate of drug-likeness (QED) is 0.0275. The average molecular weight is 1410 g/mol. The van der Waals surface area contributed by atoms with Crippen molar-refractivity contribution in [1.82, 2.24) is 35.1 Å². The van der Waals surface area contributed by atoms with Crippen LogP contribution >= 0.6 is 34.5 Å². The molecule has 30 heteroatoms. The van der Waals surface area contributed by atoms with E-state index >= 15 is 0 Å². The van der Waals surface area contributed by atoms with Crippen LogP contribution in [0.3, 0.4) is 0 Å². The highest BCUT2D eigenvalue weighted by atomic mass is 35.5. The third-order valence-electron chi connectivity index (χ3n) is 14.0. The number of piperazine rings is 1. The SMILES string of the molecule is CS(=O)(=O)CCNCc1ccc(-c2ccc3ncnc(Nc4ccc(OCc5cccc(F)c5)c(Cl)c4)c3c2)o1.Cc1ccc(S(=O)(=O)O)cc1.Cc1ccc(S(=O)(=O)O)cc1.Cc1nc(Nc2ncc(C(=O)Nc3c(C)cccc3Cl)s2)cc(N2CCN(CCO)CC2)n1. The number of benzene rings is 6. The van der Waals surface area contributed by atoms with Crippen molar-refractivity contribution in [3.63, 3.8) is 0 Å². The molecule has 500 valence electrons. The maximum absolute atomic E-state index is 13.4. The van der Waals surface area contributed by atoms with Crippen LogP contribution in [0.2, 0.25) is 10.0 Å². The first-order valence-corrected chi connectivity index (χ1v) is 35.6. The number of ether oxygens (including phenoxy) is 1. The van der Waals surface area contributed by atoms with Gasteiger partial charge in [-0.05, 0) is 130 Å².